The van der Waals surface area contributed by atoms with Crippen LogP contribution in [0.1, 0.15) is 32.6 Å². The van der Waals surface area contributed by atoms with Gasteiger partial charge in [-0.25, -0.2) is 0 Å². The Morgan fingerprint density at radius 3 is 2.54 bits per heavy atom. The average Bonchev–Trinajstić information content (AvgIpc) is 2.14. The van der Waals surface area contributed by atoms with Crippen molar-refractivity contribution in [3.63, 3.8) is 0 Å². The third kappa shape index (κ3) is 5.62. The summed E-state index contributed by atoms with van der Waals surface area (Å²) in [4.78, 5) is 2.08. The normalized spacial score (nSPS) is 12.8. The largest absolute Gasteiger partial charge is 0.396 e. The summed E-state index contributed by atoms with van der Waals surface area (Å²) >= 11 is 0. The average molecular weight is 184 g/mol. The van der Waals surface area contributed by atoms with E-state index in [4.69, 9.17) is 10.4 Å². The molecule has 0 aliphatic heterocycles. The number of nitriles is 1. The monoisotopic (exact) mass is 184 g/mol. The standard InChI is InChI=1S/C10H20N2O/c1-3-10(9-11)12(2)7-5-4-6-8-13/h10,13H,3-8H2,1-2H3. The van der Waals surface area contributed by atoms with Crippen LogP contribution in [0, 0.1) is 11.3 Å². The van der Waals surface area contributed by atoms with E-state index in [9.17, 15) is 0 Å². The van der Waals surface area contributed by atoms with Crippen molar-refractivity contribution in [3.8, 4) is 6.07 Å². The first-order chi connectivity index (χ1) is 6.26. The Hall–Kier alpha value is -0.590. The van der Waals surface area contributed by atoms with Crippen molar-refractivity contribution in [1.29, 1.82) is 5.26 Å². The second kappa shape index (κ2) is 8.03. The molecular formula is C10H20N2O. The summed E-state index contributed by atoms with van der Waals surface area (Å²) in [5.74, 6) is 0. The molecule has 0 aliphatic rings. The number of aliphatic hydroxyl groups is 1. The molecule has 0 fully saturated rings. The smallest absolute Gasteiger partial charge is 0.0972 e. The van der Waals surface area contributed by atoms with Gasteiger partial charge >= 0.3 is 0 Å². The van der Waals surface area contributed by atoms with Gasteiger partial charge in [-0.2, -0.15) is 5.26 Å². The minimum Gasteiger partial charge on any atom is -0.396 e. The lowest BCUT2D eigenvalue weighted by atomic mass is 10.2. The lowest BCUT2D eigenvalue weighted by Gasteiger charge is -2.20. The number of rotatable bonds is 7. The molecule has 0 amide bonds. The van der Waals surface area contributed by atoms with Gasteiger partial charge < -0.3 is 5.11 Å². The molecule has 0 aromatic heterocycles. The number of nitrogens with zero attached hydrogens (tertiary/aromatic N) is 2. The summed E-state index contributed by atoms with van der Waals surface area (Å²) in [5.41, 5.74) is 0. The van der Waals surface area contributed by atoms with E-state index in [1.807, 2.05) is 14.0 Å². The summed E-state index contributed by atoms with van der Waals surface area (Å²) in [6, 6.07) is 2.32. The van der Waals surface area contributed by atoms with Gasteiger partial charge in [0.1, 0.15) is 0 Å². The molecule has 0 rings (SSSR count). The highest BCUT2D eigenvalue weighted by molar-refractivity contribution is 4.89. The fourth-order valence-corrected chi connectivity index (χ4v) is 1.31. The van der Waals surface area contributed by atoms with Gasteiger partial charge in [0, 0.05) is 6.61 Å². The van der Waals surface area contributed by atoms with Crippen LogP contribution in [0.2, 0.25) is 0 Å². The first-order valence-electron chi connectivity index (χ1n) is 4.97. The Morgan fingerprint density at radius 2 is 2.08 bits per heavy atom. The molecule has 0 bridgehead atoms. The van der Waals surface area contributed by atoms with Crippen molar-refractivity contribution in [3.05, 3.63) is 0 Å². The predicted octanol–water partition coefficient (Wildman–Crippen LogP) is 1.38. The molecule has 0 aromatic carbocycles. The van der Waals surface area contributed by atoms with Crippen molar-refractivity contribution in [2.75, 3.05) is 20.2 Å². The zero-order valence-corrected chi connectivity index (χ0v) is 8.66. The van der Waals surface area contributed by atoms with Crippen LogP contribution < -0.4 is 0 Å². The maximum atomic E-state index is 8.77. The molecule has 0 radical (unpaired) electrons. The van der Waals surface area contributed by atoms with Gasteiger partial charge in [0.05, 0.1) is 12.1 Å². The topological polar surface area (TPSA) is 47.3 Å². The Labute approximate surface area is 81.0 Å². The molecule has 1 unspecified atom stereocenters. The van der Waals surface area contributed by atoms with Crippen LogP contribution in [-0.4, -0.2) is 36.2 Å². The van der Waals surface area contributed by atoms with Crippen LogP contribution in [-0.2, 0) is 0 Å². The number of aliphatic hydroxyl groups excluding tert-OH is 1. The van der Waals surface area contributed by atoms with Crippen molar-refractivity contribution in [2.24, 2.45) is 0 Å². The minimum atomic E-state index is 0.0501. The van der Waals surface area contributed by atoms with Gasteiger partial charge in [-0.1, -0.05) is 6.92 Å². The molecule has 1 N–H and O–H groups in total. The van der Waals surface area contributed by atoms with Crippen LogP contribution in [0.3, 0.4) is 0 Å². The third-order valence-electron chi connectivity index (χ3n) is 2.24. The number of hydrogen-bond acceptors (Lipinski definition) is 3. The summed E-state index contributed by atoms with van der Waals surface area (Å²) in [6.45, 7) is 3.25. The highest BCUT2D eigenvalue weighted by Crippen LogP contribution is 2.03. The van der Waals surface area contributed by atoms with Gasteiger partial charge in [0.2, 0.25) is 0 Å². The van der Waals surface area contributed by atoms with E-state index in [0.29, 0.717) is 0 Å². The molecule has 13 heavy (non-hydrogen) atoms. The molecular weight excluding hydrogens is 164 g/mol. The molecule has 3 nitrogen and oxygen atoms in total. The van der Waals surface area contributed by atoms with E-state index >= 15 is 0 Å². The van der Waals surface area contributed by atoms with Gasteiger partial charge in [0.25, 0.3) is 0 Å². The molecule has 0 saturated carbocycles. The zero-order valence-electron chi connectivity index (χ0n) is 8.66. The highest BCUT2D eigenvalue weighted by atomic mass is 16.2. The van der Waals surface area contributed by atoms with Crippen LogP contribution in [0.25, 0.3) is 0 Å². The molecule has 0 spiro atoms. The molecule has 3 heteroatoms. The van der Waals surface area contributed by atoms with Gasteiger partial charge in [-0.05, 0) is 39.3 Å². The lowest BCUT2D eigenvalue weighted by molar-refractivity contribution is 0.257. The lowest BCUT2D eigenvalue weighted by Crippen LogP contribution is -2.30. The summed E-state index contributed by atoms with van der Waals surface area (Å²) in [5, 5.41) is 17.3. The van der Waals surface area contributed by atoms with E-state index in [1.54, 1.807) is 0 Å². The first kappa shape index (κ1) is 12.4. The summed E-state index contributed by atoms with van der Waals surface area (Å²) < 4.78 is 0. The Morgan fingerprint density at radius 1 is 1.38 bits per heavy atom. The van der Waals surface area contributed by atoms with Crippen LogP contribution in [0.15, 0.2) is 0 Å². The predicted molar refractivity (Wildman–Crippen MR) is 53.3 cm³/mol. The van der Waals surface area contributed by atoms with Crippen LogP contribution in [0.5, 0.6) is 0 Å². The van der Waals surface area contributed by atoms with E-state index in [-0.39, 0.29) is 12.6 Å². The van der Waals surface area contributed by atoms with Gasteiger partial charge in [0.15, 0.2) is 0 Å². The highest BCUT2D eigenvalue weighted by Gasteiger charge is 2.09. The van der Waals surface area contributed by atoms with Crippen molar-refractivity contribution in [1.82, 2.24) is 4.90 Å². The quantitative estimate of drug-likeness (QED) is 0.608. The minimum absolute atomic E-state index is 0.0501. The maximum Gasteiger partial charge on any atom is 0.0972 e. The molecule has 76 valence electrons. The van der Waals surface area contributed by atoms with Gasteiger partial charge in [-0.15, -0.1) is 0 Å². The van der Waals surface area contributed by atoms with E-state index in [1.165, 1.54) is 0 Å². The second-order valence-corrected chi connectivity index (χ2v) is 3.32. The van der Waals surface area contributed by atoms with E-state index in [2.05, 4.69) is 11.0 Å². The van der Waals surface area contributed by atoms with Crippen LogP contribution in [0.4, 0.5) is 0 Å². The molecule has 0 saturated heterocycles. The fourth-order valence-electron chi connectivity index (χ4n) is 1.31. The SMILES string of the molecule is CCC(C#N)N(C)CCCCCO. The number of unbranched alkanes of at least 4 members (excludes halogenated alkanes) is 2. The van der Waals surface area contributed by atoms with Crippen LogP contribution >= 0.6 is 0 Å². The van der Waals surface area contributed by atoms with Gasteiger partial charge in [-0.3, -0.25) is 4.90 Å². The summed E-state index contributed by atoms with van der Waals surface area (Å²) in [6.07, 6.45) is 3.86. The zero-order chi connectivity index (χ0) is 10.1. The third-order valence-corrected chi connectivity index (χ3v) is 2.24. The van der Waals surface area contributed by atoms with Crippen molar-refractivity contribution < 1.29 is 5.11 Å². The summed E-state index contributed by atoms with van der Waals surface area (Å²) in [7, 11) is 1.98. The Balaban J connectivity index is 3.49. The molecule has 0 aliphatic carbocycles. The second-order valence-electron chi connectivity index (χ2n) is 3.32. The molecule has 0 heterocycles. The fraction of sp³-hybridized carbons (Fsp3) is 0.900. The molecule has 0 aromatic rings. The maximum absolute atomic E-state index is 8.77. The Bertz CT molecular complexity index is 153. The Kier molecular flexibility index (Phi) is 7.66. The van der Waals surface area contributed by atoms with Crippen molar-refractivity contribution >= 4 is 0 Å². The number of hydrogen-bond donors (Lipinski definition) is 1. The molecule has 1 atom stereocenters. The first-order valence-corrected chi connectivity index (χ1v) is 4.97. The van der Waals surface area contributed by atoms with E-state index in [0.717, 1.165) is 32.2 Å². The van der Waals surface area contributed by atoms with Crippen molar-refractivity contribution in [2.45, 2.75) is 38.6 Å². The van der Waals surface area contributed by atoms with E-state index < -0.39 is 0 Å².